The standard InChI is InChI=1S/C8H18N2O2S/c1-7(9)8-5-3-4-6-10(8)13(2,11)12/h7-8H,3-6,9H2,1-2H3. The molecule has 5 heteroatoms. The topological polar surface area (TPSA) is 63.4 Å². The molecule has 2 atom stereocenters. The number of piperidine rings is 1. The summed E-state index contributed by atoms with van der Waals surface area (Å²) in [6.07, 6.45) is 4.19. The van der Waals surface area contributed by atoms with E-state index in [0.29, 0.717) is 6.54 Å². The van der Waals surface area contributed by atoms with Gasteiger partial charge in [0, 0.05) is 18.6 Å². The minimum absolute atomic E-state index is 0.00347. The molecule has 0 spiro atoms. The zero-order valence-corrected chi connectivity index (χ0v) is 9.05. The highest BCUT2D eigenvalue weighted by molar-refractivity contribution is 7.88. The quantitative estimate of drug-likeness (QED) is 0.699. The molecular weight excluding hydrogens is 188 g/mol. The molecule has 1 aliphatic rings. The summed E-state index contributed by atoms with van der Waals surface area (Å²) in [4.78, 5) is 0. The van der Waals surface area contributed by atoms with Crippen molar-refractivity contribution in [2.45, 2.75) is 38.3 Å². The van der Waals surface area contributed by atoms with Crippen molar-refractivity contribution in [2.75, 3.05) is 12.8 Å². The minimum Gasteiger partial charge on any atom is -0.326 e. The highest BCUT2D eigenvalue weighted by atomic mass is 32.2. The van der Waals surface area contributed by atoms with Crippen molar-refractivity contribution < 1.29 is 8.42 Å². The Morgan fingerprint density at radius 1 is 1.46 bits per heavy atom. The molecular formula is C8H18N2O2S. The van der Waals surface area contributed by atoms with Crippen LogP contribution in [0.4, 0.5) is 0 Å². The van der Waals surface area contributed by atoms with Crippen LogP contribution < -0.4 is 5.73 Å². The molecule has 2 N–H and O–H groups in total. The van der Waals surface area contributed by atoms with Crippen molar-refractivity contribution in [3.05, 3.63) is 0 Å². The maximum absolute atomic E-state index is 11.4. The number of nitrogens with two attached hydrogens (primary N) is 1. The van der Waals surface area contributed by atoms with Crippen LogP contribution in [0.1, 0.15) is 26.2 Å². The predicted molar refractivity (Wildman–Crippen MR) is 52.8 cm³/mol. The van der Waals surface area contributed by atoms with Gasteiger partial charge in [-0.3, -0.25) is 0 Å². The van der Waals surface area contributed by atoms with Crippen LogP contribution in [0.5, 0.6) is 0 Å². The first-order chi connectivity index (χ1) is 5.93. The van der Waals surface area contributed by atoms with Crippen molar-refractivity contribution in [3.63, 3.8) is 0 Å². The van der Waals surface area contributed by atoms with Gasteiger partial charge in [0.25, 0.3) is 0 Å². The molecule has 0 radical (unpaired) electrons. The Balaban J connectivity index is 2.80. The molecule has 1 saturated heterocycles. The van der Waals surface area contributed by atoms with Crippen molar-refractivity contribution in [3.8, 4) is 0 Å². The van der Waals surface area contributed by atoms with Crippen LogP contribution in [-0.4, -0.2) is 37.6 Å². The van der Waals surface area contributed by atoms with Gasteiger partial charge in [-0.2, -0.15) is 4.31 Å². The van der Waals surface area contributed by atoms with Crippen molar-refractivity contribution in [2.24, 2.45) is 5.73 Å². The van der Waals surface area contributed by atoms with Crippen molar-refractivity contribution in [1.29, 1.82) is 0 Å². The largest absolute Gasteiger partial charge is 0.326 e. The lowest BCUT2D eigenvalue weighted by atomic mass is 10.00. The van der Waals surface area contributed by atoms with Crippen LogP contribution in [0.25, 0.3) is 0 Å². The molecule has 0 aromatic carbocycles. The Bertz CT molecular complexity index is 261. The molecule has 0 amide bonds. The van der Waals surface area contributed by atoms with Gasteiger partial charge >= 0.3 is 0 Å². The van der Waals surface area contributed by atoms with E-state index in [0.717, 1.165) is 19.3 Å². The molecule has 1 heterocycles. The molecule has 0 aromatic rings. The summed E-state index contributed by atoms with van der Waals surface area (Å²) in [5.74, 6) is 0. The normalized spacial score (nSPS) is 28.7. The van der Waals surface area contributed by atoms with Crippen molar-refractivity contribution >= 4 is 10.0 Å². The summed E-state index contributed by atoms with van der Waals surface area (Å²) in [5, 5.41) is 0. The zero-order valence-electron chi connectivity index (χ0n) is 8.23. The SMILES string of the molecule is CC(N)C1CCCCN1S(C)(=O)=O. The summed E-state index contributed by atoms with van der Waals surface area (Å²) < 4.78 is 24.3. The van der Waals surface area contributed by atoms with E-state index < -0.39 is 10.0 Å². The second-order valence-corrected chi connectivity index (χ2v) is 5.73. The highest BCUT2D eigenvalue weighted by Crippen LogP contribution is 2.21. The second kappa shape index (κ2) is 3.94. The van der Waals surface area contributed by atoms with Gasteiger partial charge in [-0.25, -0.2) is 8.42 Å². The van der Waals surface area contributed by atoms with E-state index >= 15 is 0 Å². The molecule has 0 bridgehead atoms. The molecule has 0 saturated carbocycles. The number of hydrogen-bond donors (Lipinski definition) is 1. The fourth-order valence-electron chi connectivity index (χ4n) is 1.87. The second-order valence-electron chi connectivity index (χ2n) is 3.80. The highest BCUT2D eigenvalue weighted by Gasteiger charge is 2.31. The van der Waals surface area contributed by atoms with E-state index in [4.69, 9.17) is 5.73 Å². The maximum atomic E-state index is 11.4. The molecule has 2 unspecified atom stereocenters. The van der Waals surface area contributed by atoms with E-state index in [-0.39, 0.29) is 12.1 Å². The molecule has 78 valence electrons. The van der Waals surface area contributed by atoms with Gasteiger partial charge < -0.3 is 5.73 Å². The molecule has 13 heavy (non-hydrogen) atoms. The van der Waals surface area contributed by atoms with Gasteiger partial charge in [-0.05, 0) is 19.8 Å². The van der Waals surface area contributed by atoms with Gasteiger partial charge in [0.05, 0.1) is 6.26 Å². The number of rotatable bonds is 2. The Hall–Kier alpha value is -0.130. The van der Waals surface area contributed by atoms with E-state index in [2.05, 4.69) is 0 Å². The lowest BCUT2D eigenvalue weighted by Crippen LogP contribution is -2.51. The summed E-state index contributed by atoms with van der Waals surface area (Å²) in [6, 6.07) is -0.0706. The average molecular weight is 206 g/mol. The van der Waals surface area contributed by atoms with E-state index in [9.17, 15) is 8.42 Å². The first kappa shape index (κ1) is 10.9. The molecule has 4 nitrogen and oxygen atoms in total. The molecule has 0 aliphatic carbocycles. The van der Waals surface area contributed by atoms with E-state index in [1.165, 1.54) is 6.26 Å². The zero-order chi connectivity index (χ0) is 10.1. The van der Waals surface area contributed by atoms with Gasteiger partial charge in [-0.1, -0.05) is 6.42 Å². The first-order valence-corrected chi connectivity index (χ1v) is 6.50. The van der Waals surface area contributed by atoms with Gasteiger partial charge in [0.2, 0.25) is 10.0 Å². The fourth-order valence-corrected chi connectivity index (χ4v) is 3.12. The first-order valence-electron chi connectivity index (χ1n) is 4.65. The molecule has 1 rings (SSSR count). The molecule has 0 aromatic heterocycles. The summed E-state index contributed by atoms with van der Waals surface area (Å²) in [7, 11) is -3.07. The smallest absolute Gasteiger partial charge is 0.211 e. The third-order valence-electron chi connectivity index (χ3n) is 2.53. The number of nitrogens with zero attached hydrogens (tertiary/aromatic N) is 1. The van der Waals surface area contributed by atoms with Crippen LogP contribution in [-0.2, 0) is 10.0 Å². The van der Waals surface area contributed by atoms with Crippen LogP contribution in [0.15, 0.2) is 0 Å². The minimum atomic E-state index is -3.07. The van der Waals surface area contributed by atoms with E-state index in [1.54, 1.807) is 4.31 Å². The van der Waals surface area contributed by atoms with Crippen LogP contribution in [0.3, 0.4) is 0 Å². The van der Waals surface area contributed by atoms with Crippen LogP contribution in [0, 0.1) is 0 Å². The Morgan fingerprint density at radius 3 is 2.46 bits per heavy atom. The van der Waals surface area contributed by atoms with Gasteiger partial charge in [0.1, 0.15) is 0 Å². The van der Waals surface area contributed by atoms with Gasteiger partial charge in [0.15, 0.2) is 0 Å². The Kier molecular flexibility index (Phi) is 3.32. The number of sulfonamides is 1. The summed E-state index contributed by atoms with van der Waals surface area (Å²) in [5.41, 5.74) is 5.75. The Morgan fingerprint density at radius 2 is 2.08 bits per heavy atom. The van der Waals surface area contributed by atoms with Crippen molar-refractivity contribution in [1.82, 2.24) is 4.31 Å². The summed E-state index contributed by atoms with van der Waals surface area (Å²) in [6.45, 7) is 2.50. The third-order valence-corrected chi connectivity index (χ3v) is 3.84. The summed E-state index contributed by atoms with van der Waals surface area (Å²) >= 11 is 0. The lowest BCUT2D eigenvalue weighted by Gasteiger charge is -2.35. The number of hydrogen-bond acceptors (Lipinski definition) is 3. The van der Waals surface area contributed by atoms with Gasteiger partial charge in [-0.15, -0.1) is 0 Å². The molecule has 1 aliphatic heterocycles. The van der Waals surface area contributed by atoms with Crippen LogP contribution >= 0.6 is 0 Å². The molecule has 1 fully saturated rings. The van der Waals surface area contributed by atoms with Crippen LogP contribution in [0.2, 0.25) is 0 Å². The average Bonchev–Trinajstić information content (AvgIpc) is 2.03. The fraction of sp³-hybridized carbons (Fsp3) is 1.00. The third kappa shape index (κ3) is 2.65. The lowest BCUT2D eigenvalue weighted by molar-refractivity contribution is 0.228. The van der Waals surface area contributed by atoms with E-state index in [1.807, 2.05) is 6.92 Å². The predicted octanol–water partition coefficient (Wildman–Crippen LogP) is 0.148. The monoisotopic (exact) mass is 206 g/mol. The maximum Gasteiger partial charge on any atom is 0.211 e. The Labute approximate surface area is 80.1 Å².